The van der Waals surface area contributed by atoms with E-state index in [1.165, 1.54) is 0 Å². The number of halogens is 3. The Kier molecular flexibility index (Phi) is 9.39. The Bertz CT molecular complexity index is 794. The molecule has 4 heterocycles. The number of hydrogen-bond donors (Lipinski definition) is 1. The highest BCUT2D eigenvalue weighted by Gasteiger charge is 2.37. The monoisotopic (exact) mass is 495 g/mol. The van der Waals surface area contributed by atoms with Crippen molar-refractivity contribution in [2.45, 2.75) is 18.5 Å². The van der Waals surface area contributed by atoms with Gasteiger partial charge in [-0.25, -0.2) is 0 Å². The maximum absolute atomic E-state index is 12.6. The maximum Gasteiger partial charge on any atom is 0.298 e. The Morgan fingerprint density at radius 2 is 1.87 bits per heavy atom. The molecule has 1 aromatic heterocycles. The van der Waals surface area contributed by atoms with Crippen LogP contribution in [0, 0.1) is 0 Å². The first-order valence-electron chi connectivity index (χ1n) is 9.72. The molecular weight excluding hydrogens is 469 g/mol. The number of benzene rings is 1. The summed E-state index contributed by atoms with van der Waals surface area (Å²) in [5, 5.41) is 3.45. The van der Waals surface area contributed by atoms with Gasteiger partial charge in [-0.1, -0.05) is 12.1 Å². The van der Waals surface area contributed by atoms with Gasteiger partial charge in [0, 0.05) is 51.1 Å². The number of para-hydroxylation sites is 2. The molecule has 0 bridgehead atoms. The van der Waals surface area contributed by atoms with Crippen molar-refractivity contribution in [1.29, 1.82) is 0 Å². The minimum absolute atomic E-state index is 0. The van der Waals surface area contributed by atoms with Crippen LogP contribution < -0.4 is 10.2 Å². The topological polar surface area (TPSA) is 64.9 Å². The van der Waals surface area contributed by atoms with Crippen LogP contribution in [0.5, 0.6) is 0 Å². The smallest absolute Gasteiger partial charge is 0.298 e. The van der Waals surface area contributed by atoms with Crippen LogP contribution in [0.3, 0.4) is 0 Å². The first kappa shape index (κ1) is 25.4. The lowest BCUT2D eigenvalue weighted by Crippen LogP contribution is -2.51. The van der Waals surface area contributed by atoms with Crippen molar-refractivity contribution in [2.75, 3.05) is 55.8 Å². The van der Waals surface area contributed by atoms with Crippen LogP contribution in [0.2, 0.25) is 0 Å². The van der Waals surface area contributed by atoms with Crippen LogP contribution in [0.4, 0.5) is 6.01 Å². The zero-order chi connectivity index (χ0) is 18.2. The number of rotatable bonds is 3. The summed E-state index contributed by atoms with van der Waals surface area (Å²) in [6.07, 6.45) is 0.920. The summed E-state index contributed by atoms with van der Waals surface area (Å²) in [5.74, 6) is 2.21. The van der Waals surface area contributed by atoms with Crippen LogP contribution in [-0.4, -0.2) is 83.7 Å². The zero-order valence-electron chi connectivity index (χ0n) is 16.6. The molecule has 168 valence electrons. The van der Waals surface area contributed by atoms with Crippen LogP contribution in [-0.2, 0) is 4.79 Å². The molecule has 0 saturated carbocycles. The van der Waals surface area contributed by atoms with Gasteiger partial charge in [-0.2, -0.15) is 4.98 Å². The van der Waals surface area contributed by atoms with Gasteiger partial charge in [-0.05, 0) is 18.6 Å². The summed E-state index contributed by atoms with van der Waals surface area (Å²) in [6, 6.07) is 9.06. The lowest BCUT2D eigenvalue weighted by Gasteiger charge is -2.37. The predicted molar refractivity (Wildman–Crippen MR) is 129 cm³/mol. The molecule has 30 heavy (non-hydrogen) atoms. The molecule has 3 fully saturated rings. The maximum atomic E-state index is 12.6. The molecule has 0 radical (unpaired) electrons. The van der Waals surface area contributed by atoms with Gasteiger partial charge in [0.05, 0.1) is 11.9 Å². The Balaban J connectivity index is 0.00000107. The number of carbonyl (C=O) groups is 1. The largest absolute Gasteiger partial charge is 0.423 e. The molecule has 3 aliphatic heterocycles. The number of aromatic nitrogens is 1. The third-order valence-electron chi connectivity index (χ3n) is 5.85. The molecule has 1 N–H and O–H groups in total. The number of anilines is 1. The van der Waals surface area contributed by atoms with E-state index in [9.17, 15) is 4.79 Å². The van der Waals surface area contributed by atoms with Gasteiger partial charge in [-0.3, -0.25) is 9.69 Å². The minimum atomic E-state index is -0.0104. The van der Waals surface area contributed by atoms with Crippen molar-refractivity contribution < 1.29 is 9.21 Å². The quantitative estimate of drug-likeness (QED) is 0.700. The van der Waals surface area contributed by atoms with Crippen molar-refractivity contribution in [3.05, 3.63) is 24.3 Å². The average Bonchev–Trinajstić information content (AvgIpc) is 3.48. The number of thioether (sulfide) groups is 1. The number of nitrogens with zero attached hydrogens (tertiary/aromatic N) is 4. The summed E-state index contributed by atoms with van der Waals surface area (Å²) in [6.45, 7) is 5.57. The summed E-state index contributed by atoms with van der Waals surface area (Å²) in [7, 11) is 0. The fourth-order valence-electron chi connectivity index (χ4n) is 4.27. The Labute approximate surface area is 199 Å². The Hall–Kier alpha value is -0.900. The van der Waals surface area contributed by atoms with Crippen molar-refractivity contribution in [3.8, 4) is 0 Å². The van der Waals surface area contributed by atoms with E-state index in [0.717, 1.165) is 74.4 Å². The SMILES string of the molecule is Cl.Cl.Cl.O=C([C@@H]1C[C@H](N2CCN(c3nc4ccccc4o3)CC2)CN1)N1CCSC1. The third-order valence-corrected chi connectivity index (χ3v) is 6.82. The number of oxazole rings is 1. The van der Waals surface area contributed by atoms with Crippen LogP contribution >= 0.6 is 49.0 Å². The first-order valence-corrected chi connectivity index (χ1v) is 10.9. The molecule has 7 nitrogen and oxygen atoms in total. The number of carbonyl (C=O) groups excluding carboxylic acids is 1. The highest BCUT2D eigenvalue weighted by atomic mass is 35.5. The van der Waals surface area contributed by atoms with Crippen molar-refractivity contribution >= 4 is 72.0 Å². The zero-order valence-corrected chi connectivity index (χ0v) is 19.8. The summed E-state index contributed by atoms with van der Waals surface area (Å²) < 4.78 is 5.91. The van der Waals surface area contributed by atoms with E-state index in [1.807, 2.05) is 40.9 Å². The van der Waals surface area contributed by atoms with Gasteiger partial charge < -0.3 is 19.5 Å². The van der Waals surface area contributed by atoms with Gasteiger partial charge in [-0.15, -0.1) is 49.0 Å². The van der Waals surface area contributed by atoms with Crippen LogP contribution in [0.15, 0.2) is 28.7 Å². The van der Waals surface area contributed by atoms with Crippen molar-refractivity contribution in [1.82, 2.24) is 20.1 Å². The fourth-order valence-corrected chi connectivity index (χ4v) is 5.22. The van der Waals surface area contributed by atoms with Crippen molar-refractivity contribution in [2.24, 2.45) is 0 Å². The molecule has 1 aromatic carbocycles. The molecule has 11 heteroatoms. The standard InChI is InChI=1S/C19H25N5O2S.3ClH/c25-18(24-9-10-27-13-24)16-11-14(12-20-16)22-5-7-23(8-6-22)19-21-15-3-1-2-4-17(15)26-19;;;/h1-4,14,16,20H,5-13H2;3*1H/t14-,16-;;;/m0.../s1. The van der Waals surface area contributed by atoms with Crippen LogP contribution in [0.25, 0.3) is 11.1 Å². The molecule has 0 aliphatic carbocycles. The molecule has 0 unspecified atom stereocenters. The molecular formula is C19H28Cl3N5O2S. The molecule has 5 rings (SSSR count). The van der Waals surface area contributed by atoms with Gasteiger partial charge >= 0.3 is 0 Å². The van der Waals surface area contributed by atoms with Gasteiger partial charge in [0.15, 0.2) is 5.58 Å². The van der Waals surface area contributed by atoms with E-state index < -0.39 is 0 Å². The number of piperazine rings is 1. The fraction of sp³-hybridized carbons (Fsp3) is 0.579. The number of hydrogen-bond acceptors (Lipinski definition) is 7. The van der Waals surface area contributed by atoms with E-state index in [2.05, 4.69) is 20.1 Å². The lowest BCUT2D eigenvalue weighted by atomic mass is 10.1. The molecule has 3 saturated heterocycles. The van der Waals surface area contributed by atoms with E-state index >= 15 is 0 Å². The molecule has 1 amide bonds. The van der Waals surface area contributed by atoms with E-state index in [4.69, 9.17) is 4.42 Å². The molecule has 0 spiro atoms. The number of nitrogens with one attached hydrogen (secondary N) is 1. The molecule has 2 atom stereocenters. The minimum Gasteiger partial charge on any atom is -0.423 e. The summed E-state index contributed by atoms with van der Waals surface area (Å²) >= 11 is 1.84. The normalized spacial score (nSPS) is 24.3. The second-order valence-corrected chi connectivity index (χ2v) is 8.55. The van der Waals surface area contributed by atoms with E-state index in [0.29, 0.717) is 6.04 Å². The highest BCUT2D eigenvalue weighted by molar-refractivity contribution is 7.99. The van der Waals surface area contributed by atoms with Crippen LogP contribution in [0.1, 0.15) is 6.42 Å². The number of amides is 1. The van der Waals surface area contributed by atoms with E-state index in [1.54, 1.807) is 0 Å². The predicted octanol–water partition coefficient (Wildman–Crippen LogP) is 2.48. The summed E-state index contributed by atoms with van der Waals surface area (Å²) in [5.41, 5.74) is 1.76. The summed E-state index contributed by atoms with van der Waals surface area (Å²) in [4.78, 5) is 23.9. The van der Waals surface area contributed by atoms with Crippen molar-refractivity contribution in [3.63, 3.8) is 0 Å². The van der Waals surface area contributed by atoms with Gasteiger partial charge in [0.2, 0.25) is 5.91 Å². The third kappa shape index (κ3) is 5.11. The molecule has 3 aliphatic rings. The van der Waals surface area contributed by atoms with E-state index in [-0.39, 0.29) is 49.2 Å². The Morgan fingerprint density at radius 3 is 2.57 bits per heavy atom. The highest BCUT2D eigenvalue weighted by Crippen LogP contribution is 2.25. The van der Waals surface area contributed by atoms with Gasteiger partial charge in [0.1, 0.15) is 5.52 Å². The molecule has 2 aromatic rings. The second-order valence-electron chi connectivity index (χ2n) is 7.48. The lowest BCUT2D eigenvalue weighted by molar-refractivity contribution is -0.131. The second kappa shape index (κ2) is 11.1. The first-order chi connectivity index (χ1) is 13.3. The number of fused-ring (bicyclic) bond motifs is 1. The Morgan fingerprint density at radius 1 is 1.10 bits per heavy atom. The average molecular weight is 497 g/mol. The van der Waals surface area contributed by atoms with Gasteiger partial charge in [0.25, 0.3) is 6.01 Å².